The van der Waals surface area contributed by atoms with E-state index in [2.05, 4.69) is 37.4 Å². The van der Waals surface area contributed by atoms with Crippen molar-refractivity contribution in [3.8, 4) is 0 Å². The van der Waals surface area contributed by atoms with E-state index >= 15 is 0 Å². The zero-order valence-electron chi connectivity index (χ0n) is 13.9. The van der Waals surface area contributed by atoms with Crippen LogP contribution >= 0.6 is 0 Å². The van der Waals surface area contributed by atoms with E-state index in [1.807, 2.05) is 17.9 Å². The number of aliphatic hydroxyl groups excluding tert-OH is 1. The van der Waals surface area contributed by atoms with Crippen LogP contribution in [0.1, 0.15) is 38.3 Å². The quantitative estimate of drug-likeness (QED) is 0.845. The molecule has 122 valence electrons. The van der Waals surface area contributed by atoms with Crippen LogP contribution in [0, 0.1) is 5.92 Å². The Labute approximate surface area is 133 Å². The number of fused-ring (bicyclic) bond motifs is 1. The topological polar surface area (TPSA) is 52.6 Å². The van der Waals surface area contributed by atoms with E-state index in [1.54, 1.807) is 0 Å². The lowest BCUT2D eigenvalue weighted by molar-refractivity contribution is -0.134. The summed E-state index contributed by atoms with van der Waals surface area (Å²) in [4.78, 5) is 14.6. The molecule has 2 rings (SSSR count). The third-order valence-corrected chi connectivity index (χ3v) is 4.52. The van der Waals surface area contributed by atoms with E-state index in [4.69, 9.17) is 5.11 Å². The smallest absolute Gasteiger partial charge is 0.239 e. The SMILES string of the molecule is CC(C)[C@@H](CCO)N[C@@H](C)C(=O)N1CCc2ccccc2C1. The predicted octanol–water partition coefficient (Wildman–Crippen LogP) is 1.96. The molecule has 22 heavy (non-hydrogen) atoms. The average Bonchev–Trinajstić information content (AvgIpc) is 2.53. The fraction of sp³-hybridized carbons (Fsp3) is 0.611. The standard InChI is InChI=1S/C18H28N2O2/c1-13(2)17(9-11-21)19-14(3)18(22)20-10-8-15-6-4-5-7-16(15)12-20/h4-7,13-14,17,19,21H,8-12H2,1-3H3/t14-,17+/m0/s1. The zero-order chi connectivity index (χ0) is 16.1. The molecule has 0 bridgehead atoms. The molecule has 0 saturated carbocycles. The molecule has 1 aliphatic rings. The molecule has 0 fully saturated rings. The van der Waals surface area contributed by atoms with Gasteiger partial charge in [0.1, 0.15) is 0 Å². The van der Waals surface area contributed by atoms with Gasteiger partial charge < -0.3 is 15.3 Å². The highest BCUT2D eigenvalue weighted by Crippen LogP contribution is 2.19. The summed E-state index contributed by atoms with van der Waals surface area (Å²) in [5.74, 6) is 0.544. The van der Waals surface area contributed by atoms with Crippen LogP contribution in [-0.2, 0) is 17.8 Å². The van der Waals surface area contributed by atoms with Crippen LogP contribution in [0.4, 0.5) is 0 Å². The predicted molar refractivity (Wildman–Crippen MR) is 88.5 cm³/mol. The Morgan fingerprint density at radius 1 is 1.27 bits per heavy atom. The van der Waals surface area contributed by atoms with Crippen LogP contribution in [0.15, 0.2) is 24.3 Å². The highest BCUT2D eigenvalue weighted by molar-refractivity contribution is 5.81. The van der Waals surface area contributed by atoms with E-state index in [0.29, 0.717) is 18.9 Å². The minimum atomic E-state index is -0.218. The molecule has 1 amide bonds. The molecule has 4 heteroatoms. The van der Waals surface area contributed by atoms with Crippen LogP contribution in [-0.4, -0.2) is 41.1 Å². The van der Waals surface area contributed by atoms with Crippen molar-refractivity contribution in [1.82, 2.24) is 10.2 Å². The second-order valence-corrected chi connectivity index (χ2v) is 6.53. The lowest BCUT2D eigenvalue weighted by Crippen LogP contribution is -2.51. The maximum absolute atomic E-state index is 12.7. The lowest BCUT2D eigenvalue weighted by atomic mass is 9.98. The Bertz CT molecular complexity index is 502. The number of nitrogens with zero attached hydrogens (tertiary/aromatic N) is 1. The average molecular weight is 304 g/mol. The van der Waals surface area contributed by atoms with Gasteiger partial charge in [-0.3, -0.25) is 4.79 Å². The number of hydrogen-bond donors (Lipinski definition) is 2. The van der Waals surface area contributed by atoms with E-state index < -0.39 is 0 Å². The largest absolute Gasteiger partial charge is 0.396 e. The Morgan fingerprint density at radius 2 is 1.95 bits per heavy atom. The number of amides is 1. The molecule has 0 spiro atoms. The fourth-order valence-corrected chi connectivity index (χ4v) is 3.10. The first-order valence-electron chi connectivity index (χ1n) is 8.25. The maximum atomic E-state index is 12.7. The molecule has 1 aromatic rings. The van der Waals surface area contributed by atoms with Crippen molar-refractivity contribution in [2.45, 2.75) is 52.2 Å². The second-order valence-electron chi connectivity index (χ2n) is 6.53. The normalized spacial score (nSPS) is 17.2. The highest BCUT2D eigenvalue weighted by Gasteiger charge is 2.26. The summed E-state index contributed by atoms with van der Waals surface area (Å²) in [6, 6.07) is 8.29. The molecular weight excluding hydrogens is 276 g/mol. The van der Waals surface area contributed by atoms with Gasteiger partial charge in [-0.05, 0) is 36.8 Å². The maximum Gasteiger partial charge on any atom is 0.239 e. The Kier molecular flexibility index (Phi) is 5.98. The van der Waals surface area contributed by atoms with Gasteiger partial charge in [-0.15, -0.1) is 0 Å². The summed E-state index contributed by atoms with van der Waals surface area (Å²) >= 11 is 0. The first kappa shape index (κ1) is 17.0. The summed E-state index contributed by atoms with van der Waals surface area (Å²) in [6.07, 6.45) is 1.61. The van der Waals surface area contributed by atoms with Crippen LogP contribution in [0.25, 0.3) is 0 Å². The number of carbonyl (C=O) groups is 1. The minimum Gasteiger partial charge on any atom is -0.396 e. The van der Waals surface area contributed by atoms with Gasteiger partial charge in [0.15, 0.2) is 0 Å². The van der Waals surface area contributed by atoms with Gasteiger partial charge in [0, 0.05) is 25.7 Å². The zero-order valence-corrected chi connectivity index (χ0v) is 13.9. The molecule has 2 atom stereocenters. The molecule has 4 nitrogen and oxygen atoms in total. The summed E-state index contributed by atoms with van der Waals surface area (Å²) in [7, 11) is 0. The van der Waals surface area contributed by atoms with Gasteiger partial charge in [-0.1, -0.05) is 38.1 Å². The Morgan fingerprint density at radius 3 is 2.59 bits per heavy atom. The third-order valence-electron chi connectivity index (χ3n) is 4.52. The van der Waals surface area contributed by atoms with Gasteiger partial charge in [0.25, 0.3) is 0 Å². The molecule has 0 saturated heterocycles. The van der Waals surface area contributed by atoms with Crippen molar-refractivity contribution in [2.75, 3.05) is 13.2 Å². The lowest BCUT2D eigenvalue weighted by Gasteiger charge is -2.33. The van der Waals surface area contributed by atoms with Crippen LogP contribution < -0.4 is 5.32 Å². The molecule has 2 N–H and O–H groups in total. The van der Waals surface area contributed by atoms with Gasteiger partial charge in [-0.2, -0.15) is 0 Å². The van der Waals surface area contributed by atoms with Crippen LogP contribution in [0.5, 0.6) is 0 Å². The summed E-state index contributed by atoms with van der Waals surface area (Å²) in [5.41, 5.74) is 2.61. The van der Waals surface area contributed by atoms with Crippen molar-refractivity contribution in [2.24, 2.45) is 5.92 Å². The third kappa shape index (κ3) is 4.08. The summed E-state index contributed by atoms with van der Waals surface area (Å²) in [5, 5.41) is 12.5. The first-order chi connectivity index (χ1) is 10.5. The van der Waals surface area contributed by atoms with Crippen molar-refractivity contribution < 1.29 is 9.90 Å². The van der Waals surface area contributed by atoms with E-state index in [-0.39, 0.29) is 24.6 Å². The van der Waals surface area contributed by atoms with Crippen LogP contribution in [0.3, 0.4) is 0 Å². The number of nitrogens with one attached hydrogen (secondary N) is 1. The molecule has 0 aliphatic carbocycles. The number of aliphatic hydroxyl groups is 1. The van der Waals surface area contributed by atoms with Gasteiger partial charge in [-0.25, -0.2) is 0 Å². The first-order valence-corrected chi connectivity index (χ1v) is 8.25. The molecule has 0 aromatic heterocycles. The van der Waals surface area contributed by atoms with Gasteiger partial charge in [0.05, 0.1) is 6.04 Å². The number of rotatable bonds is 6. The number of carbonyl (C=O) groups excluding carboxylic acids is 1. The molecular formula is C18H28N2O2. The monoisotopic (exact) mass is 304 g/mol. The Hall–Kier alpha value is -1.39. The number of hydrogen-bond acceptors (Lipinski definition) is 3. The summed E-state index contributed by atoms with van der Waals surface area (Å²) < 4.78 is 0. The van der Waals surface area contributed by atoms with E-state index in [9.17, 15) is 4.79 Å². The van der Waals surface area contributed by atoms with Crippen LogP contribution in [0.2, 0.25) is 0 Å². The van der Waals surface area contributed by atoms with Crippen molar-refractivity contribution in [3.63, 3.8) is 0 Å². The molecule has 0 radical (unpaired) electrons. The molecule has 1 aromatic carbocycles. The van der Waals surface area contributed by atoms with Gasteiger partial charge >= 0.3 is 0 Å². The van der Waals surface area contributed by atoms with E-state index in [0.717, 1.165) is 13.0 Å². The number of benzene rings is 1. The second kappa shape index (κ2) is 7.75. The fourth-order valence-electron chi connectivity index (χ4n) is 3.10. The minimum absolute atomic E-state index is 0.147. The van der Waals surface area contributed by atoms with Crippen molar-refractivity contribution in [1.29, 1.82) is 0 Å². The Balaban J connectivity index is 1.96. The van der Waals surface area contributed by atoms with Crippen molar-refractivity contribution >= 4 is 5.91 Å². The highest BCUT2D eigenvalue weighted by atomic mass is 16.3. The van der Waals surface area contributed by atoms with Gasteiger partial charge in [0.2, 0.25) is 5.91 Å². The van der Waals surface area contributed by atoms with Crippen molar-refractivity contribution in [3.05, 3.63) is 35.4 Å². The molecule has 1 aliphatic heterocycles. The molecule has 0 unspecified atom stereocenters. The molecule has 1 heterocycles. The van der Waals surface area contributed by atoms with E-state index in [1.165, 1.54) is 11.1 Å². The summed E-state index contributed by atoms with van der Waals surface area (Å²) in [6.45, 7) is 7.79.